The summed E-state index contributed by atoms with van der Waals surface area (Å²) in [6.07, 6.45) is 4.75. The topological polar surface area (TPSA) is 6.48 Å². The molecule has 0 bridgehead atoms. The van der Waals surface area contributed by atoms with E-state index in [0.29, 0.717) is 0 Å². The molecule has 6 aromatic rings. The summed E-state index contributed by atoms with van der Waals surface area (Å²) in [5.74, 6) is 0. The number of hydrogen-bond donors (Lipinski definition) is 0. The molecule has 2 aliphatic heterocycles. The van der Waals surface area contributed by atoms with Gasteiger partial charge in [0.1, 0.15) is 0 Å². The molecule has 0 atom stereocenters. The summed E-state index contributed by atoms with van der Waals surface area (Å²) in [5.41, 5.74) is 26.1. The second kappa shape index (κ2) is 15.0. The van der Waals surface area contributed by atoms with Gasteiger partial charge in [-0.3, -0.25) is 0 Å². The van der Waals surface area contributed by atoms with Gasteiger partial charge in [-0.25, -0.2) is 0 Å². The summed E-state index contributed by atoms with van der Waals surface area (Å²) in [7, 11) is 0. The predicted molar refractivity (Wildman–Crippen MR) is 297 cm³/mol. The molecule has 352 valence electrons. The lowest BCUT2D eigenvalue weighted by molar-refractivity contribution is 0.332. The first kappa shape index (κ1) is 46.7. The molecule has 2 nitrogen and oxygen atoms in total. The first-order valence-electron chi connectivity index (χ1n) is 26.0. The molecular weight excluding hydrogens is 820 g/mol. The Morgan fingerprint density at radius 2 is 0.868 bits per heavy atom. The van der Waals surface area contributed by atoms with E-state index in [0.717, 1.165) is 0 Å². The minimum atomic E-state index is -0.0365. The van der Waals surface area contributed by atoms with Crippen LogP contribution in [0.1, 0.15) is 188 Å². The van der Waals surface area contributed by atoms with Crippen molar-refractivity contribution in [3.8, 4) is 11.1 Å². The lowest BCUT2D eigenvalue weighted by atomic mass is 9.33. The Kier molecular flexibility index (Phi) is 10.3. The van der Waals surface area contributed by atoms with Crippen molar-refractivity contribution in [3.05, 3.63) is 148 Å². The highest BCUT2D eigenvalue weighted by Gasteiger charge is 2.48. The molecule has 0 fully saturated rings. The van der Waals surface area contributed by atoms with Gasteiger partial charge in [-0.1, -0.05) is 172 Å². The molecule has 2 heterocycles. The smallest absolute Gasteiger partial charge is 0.252 e. The van der Waals surface area contributed by atoms with Crippen LogP contribution >= 0.6 is 0 Å². The van der Waals surface area contributed by atoms with Crippen LogP contribution < -0.4 is 26.2 Å². The van der Waals surface area contributed by atoms with Crippen LogP contribution in [0.2, 0.25) is 0 Å². The number of anilines is 6. The second-order valence-electron chi connectivity index (χ2n) is 27.4. The SMILES string of the molecule is Cc1cc2c3c(c1)N(c1ccc(C(C)(C)C)cc1-c1ccc(C(C)(C)C)cc1)c1cc(C(C)(C)C)ccc1B3c1cc3c(cc1N2c1ccc2c(c1)C(C)(C)CCC2(C)C)C(C)(C)CCC3(C)C. The molecule has 0 amide bonds. The maximum absolute atomic E-state index is 2.70. The van der Waals surface area contributed by atoms with Crippen LogP contribution in [0.5, 0.6) is 0 Å². The number of benzene rings is 6. The number of fused-ring (bicyclic) bond motifs is 6. The molecule has 3 heteroatoms. The van der Waals surface area contributed by atoms with Crippen molar-refractivity contribution in [3.63, 3.8) is 0 Å². The predicted octanol–water partition coefficient (Wildman–Crippen LogP) is 16.3. The van der Waals surface area contributed by atoms with Crippen molar-refractivity contribution in [2.45, 2.75) is 188 Å². The van der Waals surface area contributed by atoms with Crippen molar-refractivity contribution in [1.29, 1.82) is 0 Å². The fourth-order valence-corrected chi connectivity index (χ4v) is 12.5. The standard InChI is InChI=1S/C65H79BN2/c1-40-33-56-58-57(34-40)68(53-28-24-43(60(5,6)7)35-46(53)41-19-21-42(22-20-41)59(2,3)4)54-36-44(61(8,9)10)23-27-51(54)66(58)52-38-49-50(65(17,18)32-31-64(49,15)16)39-55(52)67(56)45-25-26-47-48(37-45)63(13,14)30-29-62(47,11)12/h19-28,33-39H,29-32H2,1-18H3. The molecular formula is C65H79BN2. The zero-order valence-corrected chi connectivity index (χ0v) is 45.1. The van der Waals surface area contributed by atoms with Gasteiger partial charge in [0.05, 0.1) is 5.69 Å². The number of aryl methyl sites for hydroxylation is 1. The maximum atomic E-state index is 2.70. The van der Waals surface area contributed by atoms with Gasteiger partial charge in [-0.05, 0) is 186 Å². The number of hydrogen-bond acceptors (Lipinski definition) is 2. The summed E-state index contributed by atoms with van der Waals surface area (Å²) in [6, 6.07) is 42.2. The summed E-state index contributed by atoms with van der Waals surface area (Å²) >= 11 is 0. The Hall–Kier alpha value is -5.02. The molecule has 0 spiro atoms. The van der Waals surface area contributed by atoms with Gasteiger partial charge in [0, 0.05) is 34.0 Å². The van der Waals surface area contributed by atoms with E-state index in [-0.39, 0.29) is 44.6 Å². The molecule has 4 aliphatic rings. The van der Waals surface area contributed by atoms with Gasteiger partial charge >= 0.3 is 0 Å². The first-order valence-corrected chi connectivity index (χ1v) is 26.0. The van der Waals surface area contributed by atoms with E-state index in [1.54, 1.807) is 0 Å². The van der Waals surface area contributed by atoms with E-state index in [4.69, 9.17) is 0 Å². The normalized spacial score (nSPS) is 18.6. The quantitative estimate of drug-likeness (QED) is 0.163. The molecule has 10 rings (SSSR count). The molecule has 68 heavy (non-hydrogen) atoms. The van der Waals surface area contributed by atoms with Gasteiger partial charge < -0.3 is 9.80 Å². The lowest BCUT2D eigenvalue weighted by Crippen LogP contribution is -2.62. The van der Waals surface area contributed by atoms with Crippen molar-refractivity contribution >= 4 is 57.2 Å². The van der Waals surface area contributed by atoms with Crippen molar-refractivity contribution in [1.82, 2.24) is 0 Å². The van der Waals surface area contributed by atoms with E-state index in [9.17, 15) is 0 Å². The molecule has 0 radical (unpaired) electrons. The van der Waals surface area contributed by atoms with E-state index in [1.807, 2.05) is 0 Å². The third-order valence-electron chi connectivity index (χ3n) is 17.3. The van der Waals surface area contributed by atoms with Crippen LogP contribution in [0, 0.1) is 6.92 Å². The van der Waals surface area contributed by atoms with E-state index < -0.39 is 0 Å². The summed E-state index contributed by atoms with van der Waals surface area (Å²) in [6.45, 7) is 43.3. The van der Waals surface area contributed by atoms with Crippen LogP contribution in [0.3, 0.4) is 0 Å². The summed E-state index contributed by atoms with van der Waals surface area (Å²) in [5, 5.41) is 0. The average molecular weight is 899 g/mol. The molecule has 0 saturated heterocycles. The monoisotopic (exact) mass is 899 g/mol. The average Bonchev–Trinajstić information content (AvgIpc) is 3.25. The molecule has 0 aromatic heterocycles. The van der Waals surface area contributed by atoms with E-state index in [1.165, 1.54) is 132 Å². The third-order valence-corrected chi connectivity index (χ3v) is 17.3. The van der Waals surface area contributed by atoms with Gasteiger partial charge in [-0.2, -0.15) is 0 Å². The Morgan fingerprint density at radius 3 is 1.44 bits per heavy atom. The van der Waals surface area contributed by atoms with Crippen molar-refractivity contribution in [2.75, 3.05) is 9.80 Å². The lowest BCUT2D eigenvalue weighted by Gasteiger charge is -2.48. The van der Waals surface area contributed by atoms with Crippen molar-refractivity contribution in [2.24, 2.45) is 0 Å². The summed E-state index contributed by atoms with van der Waals surface area (Å²) < 4.78 is 0. The summed E-state index contributed by atoms with van der Waals surface area (Å²) in [4.78, 5) is 5.38. The molecule has 0 saturated carbocycles. The Bertz CT molecular complexity index is 3030. The molecule has 2 aliphatic carbocycles. The fourth-order valence-electron chi connectivity index (χ4n) is 12.5. The largest absolute Gasteiger partial charge is 0.311 e. The van der Waals surface area contributed by atoms with Crippen LogP contribution in [0.25, 0.3) is 11.1 Å². The third kappa shape index (κ3) is 7.42. The van der Waals surface area contributed by atoms with Crippen LogP contribution in [0.4, 0.5) is 34.1 Å². The molecule has 0 N–H and O–H groups in total. The minimum Gasteiger partial charge on any atom is -0.311 e. The maximum Gasteiger partial charge on any atom is 0.252 e. The Labute approximate surface area is 412 Å². The van der Waals surface area contributed by atoms with Crippen LogP contribution in [-0.2, 0) is 37.9 Å². The van der Waals surface area contributed by atoms with E-state index >= 15 is 0 Å². The van der Waals surface area contributed by atoms with Crippen LogP contribution in [0.15, 0.2) is 103 Å². The highest BCUT2D eigenvalue weighted by molar-refractivity contribution is 7.00. The van der Waals surface area contributed by atoms with Gasteiger partial charge in [0.2, 0.25) is 0 Å². The Balaban J connectivity index is 1.32. The number of nitrogens with zero attached hydrogens (tertiary/aromatic N) is 2. The Morgan fingerprint density at radius 1 is 0.397 bits per heavy atom. The second-order valence-corrected chi connectivity index (χ2v) is 27.4. The highest BCUT2D eigenvalue weighted by atomic mass is 15.2. The van der Waals surface area contributed by atoms with Gasteiger partial charge in [0.15, 0.2) is 0 Å². The van der Waals surface area contributed by atoms with Gasteiger partial charge in [0.25, 0.3) is 6.71 Å². The highest BCUT2D eigenvalue weighted by Crippen LogP contribution is 2.53. The molecule has 0 unspecified atom stereocenters. The minimum absolute atomic E-state index is 0.0181. The van der Waals surface area contributed by atoms with Gasteiger partial charge in [-0.15, -0.1) is 0 Å². The zero-order chi connectivity index (χ0) is 49.1. The van der Waals surface area contributed by atoms with E-state index in [2.05, 4.69) is 238 Å². The number of rotatable bonds is 3. The fraction of sp³-hybridized carbons (Fsp3) is 0.446. The first-order chi connectivity index (χ1) is 31.5. The molecule has 6 aromatic carbocycles. The van der Waals surface area contributed by atoms with Crippen molar-refractivity contribution < 1.29 is 0 Å². The zero-order valence-electron chi connectivity index (χ0n) is 45.1. The van der Waals surface area contributed by atoms with Crippen LogP contribution in [-0.4, -0.2) is 6.71 Å².